The summed E-state index contributed by atoms with van der Waals surface area (Å²) in [5.41, 5.74) is 5.75. The van der Waals surface area contributed by atoms with Crippen LogP contribution in [0.2, 0.25) is 5.02 Å². The van der Waals surface area contributed by atoms with Crippen molar-refractivity contribution in [2.24, 2.45) is 0 Å². The molecule has 0 saturated heterocycles. The van der Waals surface area contributed by atoms with E-state index in [-0.39, 0.29) is 17.1 Å². The van der Waals surface area contributed by atoms with Gasteiger partial charge in [0.25, 0.3) is 11.5 Å². The van der Waals surface area contributed by atoms with Gasteiger partial charge in [-0.25, -0.2) is 9.37 Å². The third-order valence-electron chi connectivity index (χ3n) is 3.57. The van der Waals surface area contributed by atoms with E-state index < -0.39 is 17.3 Å². The first-order valence-electron chi connectivity index (χ1n) is 7.77. The number of aromatic amines is 1. The molecule has 0 atom stereocenters. The molecule has 4 N–H and O–H groups in total. The monoisotopic (exact) mass is 404 g/mol. The summed E-state index contributed by atoms with van der Waals surface area (Å²) >= 11 is 7.11. The number of nitrogens with zero attached hydrogens (tertiary/aromatic N) is 1. The zero-order chi connectivity index (χ0) is 19.4. The van der Waals surface area contributed by atoms with Crippen LogP contribution in [-0.4, -0.2) is 15.9 Å². The SMILES string of the molecule is Nc1nc(SCc2ccc(Cl)cc2)[nH]c(=O)c1NC(=O)c1ccccc1F. The van der Waals surface area contributed by atoms with Crippen LogP contribution in [-0.2, 0) is 5.75 Å². The smallest absolute Gasteiger partial charge is 0.277 e. The van der Waals surface area contributed by atoms with Gasteiger partial charge in [-0.1, -0.05) is 47.6 Å². The molecule has 1 aromatic heterocycles. The molecule has 3 aromatic rings. The maximum atomic E-state index is 13.7. The van der Waals surface area contributed by atoms with Crippen LogP contribution in [0.4, 0.5) is 15.9 Å². The molecule has 0 spiro atoms. The maximum absolute atomic E-state index is 13.7. The van der Waals surface area contributed by atoms with E-state index in [9.17, 15) is 14.0 Å². The van der Waals surface area contributed by atoms with Crippen molar-refractivity contribution in [3.8, 4) is 0 Å². The van der Waals surface area contributed by atoms with Gasteiger partial charge in [-0.15, -0.1) is 0 Å². The summed E-state index contributed by atoms with van der Waals surface area (Å²) in [5, 5.41) is 3.24. The molecule has 1 heterocycles. The second-order valence-electron chi connectivity index (χ2n) is 5.48. The van der Waals surface area contributed by atoms with E-state index in [4.69, 9.17) is 17.3 Å². The highest BCUT2D eigenvalue weighted by molar-refractivity contribution is 7.98. The third kappa shape index (κ3) is 4.66. The normalized spacial score (nSPS) is 10.6. The summed E-state index contributed by atoms with van der Waals surface area (Å²) in [4.78, 5) is 31.1. The van der Waals surface area contributed by atoms with Crippen LogP contribution in [0.1, 0.15) is 15.9 Å². The number of anilines is 2. The summed E-state index contributed by atoms with van der Waals surface area (Å²) in [7, 11) is 0. The summed E-state index contributed by atoms with van der Waals surface area (Å²) in [6.45, 7) is 0. The van der Waals surface area contributed by atoms with Gasteiger partial charge in [-0.2, -0.15) is 0 Å². The van der Waals surface area contributed by atoms with Crippen LogP contribution < -0.4 is 16.6 Å². The van der Waals surface area contributed by atoms with Crippen LogP contribution in [0.15, 0.2) is 58.5 Å². The Hall–Kier alpha value is -2.84. The number of nitrogens with one attached hydrogen (secondary N) is 2. The Morgan fingerprint density at radius 3 is 2.59 bits per heavy atom. The van der Waals surface area contributed by atoms with Crippen LogP contribution in [0, 0.1) is 5.82 Å². The molecule has 1 amide bonds. The molecule has 0 fully saturated rings. The molecule has 0 bridgehead atoms. The van der Waals surface area contributed by atoms with Gasteiger partial charge in [0.2, 0.25) is 0 Å². The molecule has 0 aliphatic rings. The first-order valence-corrected chi connectivity index (χ1v) is 9.13. The molecule has 0 saturated carbocycles. The van der Waals surface area contributed by atoms with Crippen molar-refractivity contribution in [3.05, 3.63) is 80.9 Å². The highest BCUT2D eigenvalue weighted by Gasteiger charge is 2.16. The quantitative estimate of drug-likeness (QED) is 0.444. The van der Waals surface area contributed by atoms with Gasteiger partial charge < -0.3 is 11.1 Å². The predicted molar refractivity (Wildman–Crippen MR) is 105 cm³/mol. The first kappa shape index (κ1) is 18.9. The number of benzene rings is 2. The molecule has 0 radical (unpaired) electrons. The Balaban J connectivity index is 1.75. The van der Waals surface area contributed by atoms with Gasteiger partial charge in [-0.3, -0.25) is 14.6 Å². The number of aromatic nitrogens is 2. The van der Waals surface area contributed by atoms with E-state index in [1.807, 2.05) is 12.1 Å². The van der Waals surface area contributed by atoms with E-state index in [2.05, 4.69) is 15.3 Å². The van der Waals surface area contributed by atoms with Crippen LogP contribution in [0.5, 0.6) is 0 Å². The van der Waals surface area contributed by atoms with E-state index >= 15 is 0 Å². The second kappa shape index (κ2) is 8.24. The Morgan fingerprint density at radius 1 is 1.22 bits per heavy atom. The fourth-order valence-electron chi connectivity index (χ4n) is 2.22. The third-order valence-corrected chi connectivity index (χ3v) is 4.77. The maximum Gasteiger partial charge on any atom is 0.277 e. The second-order valence-corrected chi connectivity index (χ2v) is 6.88. The average molecular weight is 405 g/mol. The number of carbonyl (C=O) groups is 1. The minimum absolute atomic E-state index is 0.151. The number of hydrogen-bond donors (Lipinski definition) is 3. The Bertz CT molecular complexity index is 1040. The molecular weight excluding hydrogens is 391 g/mol. The minimum atomic E-state index is -0.784. The van der Waals surface area contributed by atoms with E-state index in [0.29, 0.717) is 15.9 Å². The Morgan fingerprint density at radius 2 is 1.93 bits per heavy atom. The van der Waals surface area contributed by atoms with Gasteiger partial charge in [-0.05, 0) is 29.8 Å². The number of carbonyl (C=O) groups excluding carboxylic acids is 1. The number of nitrogen functional groups attached to an aromatic ring is 1. The molecule has 138 valence electrons. The number of nitrogens with two attached hydrogens (primary N) is 1. The standard InChI is InChI=1S/C18H14ClFN4O2S/c19-11-7-5-10(6-8-11)9-27-18-23-15(21)14(17(26)24-18)22-16(25)12-3-1-2-4-13(12)20/h1-8H,9H2,(H,22,25)(H3,21,23,24,26). The van der Waals surface area contributed by atoms with Gasteiger partial charge in [0.15, 0.2) is 11.0 Å². The van der Waals surface area contributed by atoms with Gasteiger partial charge in [0.1, 0.15) is 11.5 Å². The molecule has 9 heteroatoms. The molecule has 0 aliphatic carbocycles. The van der Waals surface area contributed by atoms with E-state index in [1.165, 1.54) is 30.0 Å². The largest absolute Gasteiger partial charge is 0.382 e. The average Bonchev–Trinajstić information content (AvgIpc) is 2.64. The van der Waals surface area contributed by atoms with Gasteiger partial charge in [0, 0.05) is 10.8 Å². The van der Waals surface area contributed by atoms with Crippen molar-refractivity contribution >= 4 is 40.8 Å². The fourth-order valence-corrected chi connectivity index (χ4v) is 3.17. The lowest BCUT2D eigenvalue weighted by atomic mass is 10.2. The molecule has 2 aromatic carbocycles. The lowest BCUT2D eigenvalue weighted by Crippen LogP contribution is -2.23. The molecule has 3 rings (SSSR count). The first-order chi connectivity index (χ1) is 12.9. The number of halogens is 2. The lowest BCUT2D eigenvalue weighted by Gasteiger charge is -2.09. The van der Waals surface area contributed by atoms with Crippen molar-refractivity contribution in [1.82, 2.24) is 9.97 Å². The summed E-state index contributed by atoms with van der Waals surface area (Å²) in [6.07, 6.45) is 0. The van der Waals surface area contributed by atoms with Crippen molar-refractivity contribution in [3.63, 3.8) is 0 Å². The number of thioether (sulfide) groups is 1. The number of amides is 1. The van der Waals surface area contributed by atoms with E-state index in [1.54, 1.807) is 12.1 Å². The molecule has 27 heavy (non-hydrogen) atoms. The van der Waals surface area contributed by atoms with E-state index in [0.717, 1.165) is 11.6 Å². The molecule has 0 unspecified atom stereocenters. The number of hydrogen-bond acceptors (Lipinski definition) is 5. The zero-order valence-corrected chi connectivity index (χ0v) is 15.4. The van der Waals surface area contributed by atoms with Gasteiger partial charge >= 0.3 is 0 Å². The number of H-pyrrole nitrogens is 1. The predicted octanol–water partition coefficient (Wildman–Crippen LogP) is 3.69. The molecule has 6 nitrogen and oxygen atoms in total. The highest BCUT2D eigenvalue weighted by atomic mass is 35.5. The summed E-state index contributed by atoms with van der Waals surface area (Å²) < 4.78 is 13.7. The van der Waals surface area contributed by atoms with Crippen LogP contribution in [0.3, 0.4) is 0 Å². The summed E-state index contributed by atoms with van der Waals surface area (Å²) in [5.74, 6) is -1.09. The van der Waals surface area contributed by atoms with Crippen molar-refractivity contribution < 1.29 is 9.18 Å². The van der Waals surface area contributed by atoms with Crippen LogP contribution in [0.25, 0.3) is 0 Å². The van der Waals surface area contributed by atoms with Crippen molar-refractivity contribution in [1.29, 1.82) is 0 Å². The van der Waals surface area contributed by atoms with Gasteiger partial charge in [0.05, 0.1) is 5.56 Å². The van der Waals surface area contributed by atoms with Crippen LogP contribution >= 0.6 is 23.4 Å². The summed E-state index contributed by atoms with van der Waals surface area (Å²) in [6, 6.07) is 12.7. The highest BCUT2D eigenvalue weighted by Crippen LogP contribution is 2.22. The van der Waals surface area contributed by atoms with Crippen molar-refractivity contribution in [2.75, 3.05) is 11.1 Å². The Kier molecular flexibility index (Phi) is 5.78. The number of rotatable bonds is 5. The lowest BCUT2D eigenvalue weighted by molar-refractivity contribution is 0.102. The Labute approximate surface area is 163 Å². The zero-order valence-electron chi connectivity index (χ0n) is 13.8. The fraction of sp³-hybridized carbons (Fsp3) is 0.0556. The topological polar surface area (TPSA) is 101 Å². The van der Waals surface area contributed by atoms with Crippen molar-refractivity contribution in [2.45, 2.75) is 10.9 Å². The molecular formula is C18H14ClFN4O2S. The minimum Gasteiger partial charge on any atom is -0.382 e. The molecule has 0 aliphatic heterocycles.